The van der Waals surface area contributed by atoms with Crippen LogP contribution in [0.3, 0.4) is 0 Å². The Labute approximate surface area is 141 Å². The van der Waals surface area contributed by atoms with Crippen LogP contribution in [0.2, 0.25) is 0 Å². The lowest BCUT2D eigenvalue weighted by Crippen LogP contribution is -2.52. The topological polar surface area (TPSA) is 58.6 Å². The predicted molar refractivity (Wildman–Crippen MR) is 86.6 cm³/mol. The summed E-state index contributed by atoms with van der Waals surface area (Å²) in [6.45, 7) is 3.06. The number of ether oxygens (including phenoxy) is 1. The second-order valence-electron chi connectivity index (χ2n) is 6.55. The molecule has 1 N–H and O–H groups in total. The summed E-state index contributed by atoms with van der Waals surface area (Å²) in [7, 11) is 0. The molecule has 24 heavy (non-hydrogen) atoms. The van der Waals surface area contributed by atoms with E-state index in [2.05, 4.69) is 5.32 Å². The maximum absolute atomic E-state index is 13.0. The molecule has 1 aliphatic carbocycles. The minimum atomic E-state index is -0.537. The van der Waals surface area contributed by atoms with Gasteiger partial charge < -0.3 is 15.0 Å². The van der Waals surface area contributed by atoms with Crippen LogP contribution in [0.25, 0.3) is 0 Å². The molecule has 1 saturated heterocycles. The predicted octanol–water partition coefficient (Wildman–Crippen LogP) is 2.03. The van der Waals surface area contributed by atoms with Crippen LogP contribution in [0, 0.1) is 11.7 Å². The van der Waals surface area contributed by atoms with E-state index < -0.39 is 6.04 Å². The Morgan fingerprint density at radius 2 is 2.00 bits per heavy atom. The maximum Gasteiger partial charge on any atom is 0.245 e. The molecule has 1 aromatic carbocycles. The molecule has 0 bridgehead atoms. The van der Waals surface area contributed by atoms with Crippen LogP contribution in [0.1, 0.15) is 37.9 Å². The lowest BCUT2D eigenvalue weighted by molar-refractivity contribution is -0.143. The van der Waals surface area contributed by atoms with Gasteiger partial charge in [0.25, 0.3) is 0 Å². The van der Waals surface area contributed by atoms with Crippen molar-refractivity contribution in [2.24, 2.45) is 5.92 Å². The summed E-state index contributed by atoms with van der Waals surface area (Å²) in [6.07, 6.45) is 2.65. The van der Waals surface area contributed by atoms with Crippen molar-refractivity contribution in [1.29, 1.82) is 0 Å². The molecule has 3 rings (SSSR count). The minimum Gasteiger partial charge on any atom is -0.370 e. The van der Waals surface area contributed by atoms with E-state index >= 15 is 0 Å². The van der Waals surface area contributed by atoms with Crippen LogP contribution < -0.4 is 5.32 Å². The van der Waals surface area contributed by atoms with E-state index in [1.54, 1.807) is 24.0 Å². The summed E-state index contributed by atoms with van der Waals surface area (Å²) >= 11 is 0. The number of nitrogens with zero attached hydrogens (tertiary/aromatic N) is 1. The number of hydrogen-bond acceptors (Lipinski definition) is 3. The van der Waals surface area contributed by atoms with Crippen LogP contribution in [0.15, 0.2) is 24.3 Å². The standard InChI is InChI=1S/C18H23FN2O3/c1-12(20-17(22)14-3-2-4-14)18(23)21-9-10-24-16(11-21)13-5-7-15(19)8-6-13/h5-8,12,14,16H,2-4,9-11H2,1H3,(H,20,22)/t12-,16+/m1/s1. The SMILES string of the molecule is C[C@@H](NC(=O)C1CCC1)C(=O)N1CCO[C@H](c2ccc(F)cc2)C1. The largest absolute Gasteiger partial charge is 0.370 e. The lowest BCUT2D eigenvalue weighted by Gasteiger charge is -2.35. The third-order valence-electron chi connectivity index (χ3n) is 4.83. The van der Waals surface area contributed by atoms with Crippen molar-refractivity contribution >= 4 is 11.8 Å². The Kier molecular flexibility index (Phi) is 5.14. The van der Waals surface area contributed by atoms with E-state index in [0.29, 0.717) is 19.7 Å². The molecule has 0 aromatic heterocycles. The van der Waals surface area contributed by atoms with Gasteiger partial charge in [-0.15, -0.1) is 0 Å². The quantitative estimate of drug-likeness (QED) is 0.917. The zero-order chi connectivity index (χ0) is 17.1. The molecule has 1 saturated carbocycles. The van der Waals surface area contributed by atoms with Crippen molar-refractivity contribution in [3.8, 4) is 0 Å². The fraction of sp³-hybridized carbons (Fsp3) is 0.556. The molecule has 2 amide bonds. The molecular weight excluding hydrogens is 311 g/mol. The smallest absolute Gasteiger partial charge is 0.245 e. The first-order chi connectivity index (χ1) is 11.5. The first kappa shape index (κ1) is 16.9. The van der Waals surface area contributed by atoms with Gasteiger partial charge in [-0.3, -0.25) is 9.59 Å². The average Bonchev–Trinajstić information content (AvgIpc) is 2.53. The number of hydrogen-bond donors (Lipinski definition) is 1. The maximum atomic E-state index is 13.0. The van der Waals surface area contributed by atoms with Crippen molar-refractivity contribution in [3.05, 3.63) is 35.6 Å². The molecule has 1 heterocycles. The number of morpholine rings is 1. The number of nitrogens with one attached hydrogen (secondary N) is 1. The minimum absolute atomic E-state index is 0.0227. The van der Waals surface area contributed by atoms with Gasteiger partial charge in [0.2, 0.25) is 11.8 Å². The van der Waals surface area contributed by atoms with Gasteiger partial charge in [0.05, 0.1) is 13.2 Å². The van der Waals surface area contributed by atoms with Crippen LogP contribution >= 0.6 is 0 Å². The van der Waals surface area contributed by atoms with Crippen molar-refractivity contribution in [2.75, 3.05) is 19.7 Å². The third kappa shape index (κ3) is 3.75. The van der Waals surface area contributed by atoms with Crippen molar-refractivity contribution < 1.29 is 18.7 Å². The molecule has 5 nitrogen and oxygen atoms in total. The molecule has 2 aliphatic rings. The molecule has 0 radical (unpaired) electrons. The lowest BCUT2D eigenvalue weighted by atomic mass is 9.84. The van der Waals surface area contributed by atoms with Crippen molar-refractivity contribution in [3.63, 3.8) is 0 Å². The molecular formula is C18H23FN2O3. The Morgan fingerprint density at radius 3 is 2.62 bits per heavy atom. The van der Waals surface area contributed by atoms with Crippen LogP contribution in [0.4, 0.5) is 4.39 Å². The molecule has 0 spiro atoms. The average molecular weight is 334 g/mol. The number of halogens is 1. The Morgan fingerprint density at radius 1 is 1.29 bits per heavy atom. The van der Waals surface area contributed by atoms with Gasteiger partial charge in [-0.2, -0.15) is 0 Å². The third-order valence-corrected chi connectivity index (χ3v) is 4.83. The summed E-state index contributed by atoms with van der Waals surface area (Å²) in [5, 5.41) is 2.82. The van der Waals surface area contributed by atoms with Crippen LogP contribution in [0.5, 0.6) is 0 Å². The zero-order valence-corrected chi connectivity index (χ0v) is 13.8. The van der Waals surface area contributed by atoms with E-state index in [1.807, 2.05) is 0 Å². The van der Waals surface area contributed by atoms with Gasteiger partial charge in [0, 0.05) is 12.5 Å². The highest BCUT2D eigenvalue weighted by Gasteiger charge is 2.31. The molecule has 1 aromatic rings. The number of carbonyl (C=O) groups excluding carboxylic acids is 2. The van der Waals surface area contributed by atoms with Gasteiger partial charge in [0.1, 0.15) is 18.0 Å². The first-order valence-electron chi connectivity index (χ1n) is 8.51. The molecule has 0 unspecified atom stereocenters. The van der Waals surface area contributed by atoms with Gasteiger partial charge in [-0.25, -0.2) is 4.39 Å². The monoisotopic (exact) mass is 334 g/mol. The normalized spacial score (nSPS) is 22.6. The Hall–Kier alpha value is -1.95. The first-order valence-corrected chi connectivity index (χ1v) is 8.51. The van der Waals surface area contributed by atoms with Gasteiger partial charge in [-0.1, -0.05) is 18.6 Å². The fourth-order valence-corrected chi connectivity index (χ4v) is 3.07. The highest BCUT2D eigenvalue weighted by molar-refractivity contribution is 5.88. The molecule has 6 heteroatoms. The molecule has 2 fully saturated rings. The van der Waals surface area contributed by atoms with Gasteiger partial charge >= 0.3 is 0 Å². The summed E-state index contributed by atoms with van der Waals surface area (Å²) in [6, 6.07) is 5.60. The number of amides is 2. The van der Waals surface area contributed by atoms with E-state index in [4.69, 9.17) is 4.74 Å². The highest BCUT2D eigenvalue weighted by atomic mass is 19.1. The molecule has 130 valence electrons. The summed E-state index contributed by atoms with van der Waals surface area (Å²) in [5.41, 5.74) is 0.847. The Bertz CT molecular complexity index is 601. The fourth-order valence-electron chi connectivity index (χ4n) is 3.07. The van der Waals surface area contributed by atoms with E-state index in [1.165, 1.54) is 12.1 Å². The van der Waals surface area contributed by atoms with E-state index in [0.717, 1.165) is 24.8 Å². The highest BCUT2D eigenvalue weighted by Crippen LogP contribution is 2.26. The van der Waals surface area contributed by atoms with Crippen molar-refractivity contribution in [1.82, 2.24) is 10.2 Å². The summed E-state index contributed by atoms with van der Waals surface area (Å²) in [4.78, 5) is 26.3. The summed E-state index contributed by atoms with van der Waals surface area (Å²) < 4.78 is 18.7. The van der Waals surface area contributed by atoms with E-state index in [-0.39, 0.29) is 29.7 Å². The number of carbonyl (C=O) groups is 2. The van der Waals surface area contributed by atoms with Gasteiger partial charge in [-0.05, 0) is 37.5 Å². The zero-order valence-electron chi connectivity index (χ0n) is 13.8. The second kappa shape index (κ2) is 7.30. The number of benzene rings is 1. The van der Waals surface area contributed by atoms with E-state index in [9.17, 15) is 14.0 Å². The van der Waals surface area contributed by atoms with Crippen molar-refractivity contribution in [2.45, 2.75) is 38.3 Å². The van der Waals surface area contributed by atoms with Crippen LogP contribution in [-0.4, -0.2) is 42.5 Å². The second-order valence-corrected chi connectivity index (χ2v) is 6.55. The number of rotatable bonds is 4. The Balaban J connectivity index is 1.57. The summed E-state index contributed by atoms with van der Waals surface area (Å²) in [5.74, 6) is -0.352. The molecule has 1 aliphatic heterocycles. The van der Waals surface area contributed by atoms with Gasteiger partial charge in [0.15, 0.2) is 0 Å². The molecule has 2 atom stereocenters. The van der Waals surface area contributed by atoms with Crippen LogP contribution in [-0.2, 0) is 14.3 Å².